The summed E-state index contributed by atoms with van der Waals surface area (Å²) in [7, 11) is 1.55. The number of aliphatic imine (C=N–C) groups is 1. The van der Waals surface area contributed by atoms with Crippen LogP contribution in [-0.4, -0.2) is 13.0 Å². The summed E-state index contributed by atoms with van der Waals surface area (Å²) in [5, 5.41) is 0.424. The van der Waals surface area contributed by atoms with Crippen LogP contribution < -0.4 is 10.6 Å². The maximum atomic E-state index is 12.8. The third-order valence-corrected chi connectivity index (χ3v) is 3.88. The molecule has 0 aliphatic rings. The molecule has 0 saturated heterocycles. The summed E-state index contributed by atoms with van der Waals surface area (Å²) in [6.07, 6.45) is -3.61. The zero-order valence-electron chi connectivity index (χ0n) is 13.6. The molecule has 0 aliphatic carbocycles. The topological polar surface area (TPSA) is 41.6 Å². The molecular weight excluding hydrogens is 374 g/mol. The minimum absolute atomic E-state index is 0. The SMILES string of the molecule is CCc1ccc(Cl)c(N=C(N)N(C)c2cccc(C(F)(F)F)c2)c1.Cl. The minimum atomic E-state index is -4.42. The van der Waals surface area contributed by atoms with E-state index in [1.807, 2.05) is 13.0 Å². The zero-order chi connectivity index (χ0) is 17.9. The Balaban J connectivity index is 0.00000312. The molecule has 0 aliphatic heterocycles. The Morgan fingerprint density at radius 3 is 2.48 bits per heavy atom. The van der Waals surface area contributed by atoms with E-state index < -0.39 is 11.7 Å². The fourth-order valence-electron chi connectivity index (χ4n) is 2.09. The number of hydrogen-bond acceptors (Lipinski definition) is 1. The van der Waals surface area contributed by atoms with Gasteiger partial charge in [-0.1, -0.05) is 30.7 Å². The van der Waals surface area contributed by atoms with Crippen LogP contribution in [0.25, 0.3) is 0 Å². The maximum Gasteiger partial charge on any atom is 0.416 e. The van der Waals surface area contributed by atoms with Crippen LogP contribution in [0.4, 0.5) is 24.5 Å². The molecule has 8 heteroatoms. The molecule has 136 valence electrons. The normalized spacial score (nSPS) is 11.8. The van der Waals surface area contributed by atoms with Gasteiger partial charge < -0.3 is 10.6 Å². The van der Waals surface area contributed by atoms with Crippen molar-refractivity contribution < 1.29 is 13.2 Å². The number of guanidine groups is 1. The molecule has 25 heavy (non-hydrogen) atoms. The predicted octanol–water partition coefficient (Wildman–Crippen LogP) is 5.43. The number of alkyl halides is 3. The van der Waals surface area contributed by atoms with Gasteiger partial charge in [-0.15, -0.1) is 12.4 Å². The van der Waals surface area contributed by atoms with E-state index in [0.29, 0.717) is 10.7 Å². The van der Waals surface area contributed by atoms with Gasteiger partial charge in [0.1, 0.15) is 0 Å². The summed E-state index contributed by atoms with van der Waals surface area (Å²) in [6, 6.07) is 10.3. The van der Waals surface area contributed by atoms with Crippen molar-refractivity contribution in [3.63, 3.8) is 0 Å². The molecule has 0 radical (unpaired) electrons. The summed E-state index contributed by atoms with van der Waals surface area (Å²) < 4.78 is 38.5. The molecule has 0 unspecified atom stereocenters. The van der Waals surface area contributed by atoms with Crippen LogP contribution >= 0.6 is 24.0 Å². The first-order valence-corrected chi connectivity index (χ1v) is 7.63. The standard InChI is InChI=1S/C17H17ClF3N3.ClH/c1-3-11-7-8-14(18)15(9-11)23-16(22)24(2)13-6-4-5-12(10-13)17(19,20)21;/h4-10H,3H2,1-2H3,(H2,22,23);1H. The lowest BCUT2D eigenvalue weighted by atomic mass is 10.1. The Labute approximate surface area is 155 Å². The van der Waals surface area contributed by atoms with Crippen LogP contribution in [0.5, 0.6) is 0 Å². The molecule has 0 heterocycles. The van der Waals surface area contributed by atoms with Gasteiger partial charge in [-0.05, 0) is 42.3 Å². The van der Waals surface area contributed by atoms with Gasteiger partial charge >= 0.3 is 6.18 Å². The number of anilines is 1. The van der Waals surface area contributed by atoms with Crippen LogP contribution in [-0.2, 0) is 12.6 Å². The van der Waals surface area contributed by atoms with E-state index in [-0.39, 0.29) is 24.1 Å². The largest absolute Gasteiger partial charge is 0.416 e. The van der Waals surface area contributed by atoms with E-state index >= 15 is 0 Å². The second kappa shape index (κ2) is 8.45. The lowest BCUT2D eigenvalue weighted by Crippen LogP contribution is -2.33. The van der Waals surface area contributed by atoms with Crippen molar-refractivity contribution in [1.82, 2.24) is 0 Å². The van der Waals surface area contributed by atoms with Crippen molar-refractivity contribution in [2.75, 3.05) is 11.9 Å². The van der Waals surface area contributed by atoms with Gasteiger partial charge in [0.2, 0.25) is 5.96 Å². The molecule has 0 fully saturated rings. The number of hydrogen-bond donors (Lipinski definition) is 1. The van der Waals surface area contributed by atoms with Crippen LogP contribution in [0.15, 0.2) is 47.5 Å². The molecule has 0 bridgehead atoms. The number of aryl methyl sites for hydroxylation is 1. The molecule has 2 aromatic carbocycles. The maximum absolute atomic E-state index is 12.8. The average Bonchev–Trinajstić information content (AvgIpc) is 2.55. The number of benzene rings is 2. The van der Waals surface area contributed by atoms with Crippen LogP contribution in [0.3, 0.4) is 0 Å². The summed E-state index contributed by atoms with van der Waals surface area (Å²) in [5.41, 5.74) is 6.99. The number of halogens is 5. The highest BCUT2D eigenvalue weighted by Gasteiger charge is 2.30. The predicted molar refractivity (Wildman–Crippen MR) is 99.2 cm³/mol. The fourth-order valence-corrected chi connectivity index (χ4v) is 2.25. The van der Waals surface area contributed by atoms with Gasteiger partial charge in [0, 0.05) is 12.7 Å². The Hall–Kier alpha value is -1.92. The molecular formula is C17H18Cl2F3N3. The average molecular weight is 392 g/mol. The first-order valence-electron chi connectivity index (χ1n) is 7.26. The lowest BCUT2D eigenvalue weighted by Gasteiger charge is -2.19. The monoisotopic (exact) mass is 391 g/mol. The summed E-state index contributed by atoms with van der Waals surface area (Å²) in [5.74, 6) is 0.0458. The van der Waals surface area contributed by atoms with Crippen molar-refractivity contribution in [3.05, 3.63) is 58.6 Å². The number of rotatable bonds is 3. The van der Waals surface area contributed by atoms with Crippen molar-refractivity contribution >= 4 is 41.3 Å². The first kappa shape index (κ1) is 21.1. The molecule has 0 saturated carbocycles. The highest BCUT2D eigenvalue weighted by molar-refractivity contribution is 6.33. The Morgan fingerprint density at radius 1 is 1.20 bits per heavy atom. The van der Waals surface area contributed by atoms with E-state index in [9.17, 15) is 13.2 Å². The summed E-state index contributed by atoms with van der Waals surface area (Å²) in [6.45, 7) is 1.99. The van der Waals surface area contributed by atoms with Gasteiger partial charge in [-0.3, -0.25) is 0 Å². The van der Waals surface area contributed by atoms with Crippen molar-refractivity contribution in [3.8, 4) is 0 Å². The van der Waals surface area contributed by atoms with E-state index in [1.165, 1.54) is 17.0 Å². The van der Waals surface area contributed by atoms with Gasteiger partial charge in [-0.25, -0.2) is 4.99 Å². The fraction of sp³-hybridized carbons (Fsp3) is 0.235. The van der Waals surface area contributed by atoms with Crippen molar-refractivity contribution in [2.24, 2.45) is 10.7 Å². The van der Waals surface area contributed by atoms with Crippen LogP contribution in [0.1, 0.15) is 18.1 Å². The Kier molecular flexibility index (Phi) is 7.14. The second-order valence-electron chi connectivity index (χ2n) is 5.22. The second-order valence-corrected chi connectivity index (χ2v) is 5.62. The first-order chi connectivity index (χ1) is 11.2. The van der Waals surface area contributed by atoms with E-state index in [4.69, 9.17) is 17.3 Å². The van der Waals surface area contributed by atoms with Gasteiger partial charge in [0.15, 0.2) is 0 Å². The highest BCUT2D eigenvalue weighted by atomic mass is 35.5. The molecule has 0 atom stereocenters. The number of nitrogens with zero attached hydrogens (tertiary/aromatic N) is 2. The summed E-state index contributed by atoms with van der Waals surface area (Å²) in [4.78, 5) is 5.62. The highest BCUT2D eigenvalue weighted by Crippen LogP contribution is 2.32. The molecule has 2 aromatic rings. The van der Waals surface area contributed by atoms with Crippen LogP contribution in [0.2, 0.25) is 5.02 Å². The molecule has 0 amide bonds. The Bertz CT molecular complexity index is 761. The third-order valence-electron chi connectivity index (χ3n) is 3.56. The molecule has 2 N–H and O–H groups in total. The van der Waals surface area contributed by atoms with Gasteiger partial charge in [-0.2, -0.15) is 13.2 Å². The Morgan fingerprint density at radius 2 is 1.88 bits per heavy atom. The molecule has 0 aromatic heterocycles. The quantitative estimate of drug-likeness (QED) is 0.560. The molecule has 2 rings (SSSR count). The van der Waals surface area contributed by atoms with Crippen molar-refractivity contribution in [1.29, 1.82) is 0 Å². The number of nitrogens with two attached hydrogens (primary N) is 1. The van der Waals surface area contributed by atoms with Crippen molar-refractivity contribution in [2.45, 2.75) is 19.5 Å². The van der Waals surface area contributed by atoms with Crippen LogP contribution in [0, 0.1) is 0 Å². The van der Waals surface area contributed by atoms with E-state index in [1.54, 1.807) is 19.2 Å². The van der Waals surface area contributed by atoms with Gasteiger partial charge in [0.05, 0.1) is 16.3 Å². The van der Waals surface area contributed by atoms with Gasteiger partial charge in [0.25, 0.3) is 0 Å². The minimum Gasteiger partial charge on any atom is -0.369 e. The zero-order valence-corrected chi connectivity index (χ0v) is 15.2. The van der Waals surface area contributed by atoms with E-state index in [0.717, 1.165) is 24.1 Å². The third kappa shape index (κ3) is 5.28. The summed E-state index contributed by atoms with van der Waals surface area (Å²) >= 11 is 6.10. The smallest absolute Gasteiger partial charge is 0.369 e. The lowest BCUT2D eigenvalue weighted by molar-refractivity contribution is -0.137. The van der Waals surface area contributed by atoms with E-state index in [2.05, 4.69) is 4.99 Å². The molecule has 0 spiro atoms. The molecule has 3 nitrogen and oxygen atoms in total.